The highest BCUT2D eigenvalue weighted by atomic mass is 19.4. The number of alkyl halides is 6. The smallest absolute Gasteiger partial charge is 0.434 e. The van der Waals surface area contributed by atoms with Gasteiger partial charge in [-0.05, 0) is 13.8 Å². The lowest BCUT2D eigenvalue weighted by atomic mass is 10.3. The second-order valence-corrected chi connectivity index (χ2v) is 3.73. The Morgan fingerprint density at radius 3 is 1.70 bits per heavy atom. The molecular weight excluding hydrogens is 298 g/mol. The van der Waals surface area contributed by atoms with Crippen molar-refractivity contribution >= 4 is 11.9 Å². The highest BCUT2D eigenvalue weighted by Gasteiger charge is 2.60. The molecule has 0 spiro atoms. The molecule has 0 aromatic heterocycles. The van der Waals surface area contributed by atoms with Crippen LogP contribution in [0.4, 0.5) is 26.3 Å². The third-order valence-corrected chi connectivity index (χ3v) is 1.79. The van der Waals surface area contributed by atoms with Gasteiger partial charge in [-0.1, -0.05) is 6.58 Å². The van der Waals surface area contributed by atoms with Crippen molar-refractivity contribution in [2.75, 3.05) is 0 Å². The third kappa shape index (κ3) is 5.49. The van der Waals surface area contributed by atoms with Gasteiger partial charge < -0.3 is 9.47 Å². The second kappa shape index (κ2) is 6.14. The lowest BCUT2D eigenvalue weighted by molar-refractivity contribution is -0.314. The van der Waals surface area contributed by atoms with Gasteiger partial charge in [-0.2, -0.15) is 26.3 Å². The van der Waals surface area contributed by atoms with Crippen LogP contribution in [-0.2, 0) is 19.1 Å². The Morgan fingerprint density at radius 2 is 1.40 bits per heavy atom. The van der Waals surface area contributed by atoms with Crippen molar-refractivity contribution in [1.29, 1.82) is 0 Å². The van der Waals surface area contributed by atoms with Gasteiger partial charge in [0.25, 0.3) is 6.10 Å². The quantitative estimate of drug-likeness (QED) is 0.455. The number of hydrogen-bond acceptors (Lipinski definition) is 4. The molecule has 20 heavy (non-hydrogen) atoms. The fraction of sp³-hybridized carbons (Fsp3) is 0.600. The predicted octanol–water partition coefficient (Wildman–Crippen LogP) is 2.53. The molecule has 0 aliphatic heterocycles. The number of hydrogen-bond donors (Lipinski definition) is 0. The summed E-state index contributed by atoms with van der Waals surface area (Å²) in [4.78, 5) is 22.0. The van der Waals surface area contributed by atoms with Crippen LogP contribution in [0, 0.1) is 0 Å². The maximum Gasteiger partial charge on any atom is 0.434 e. The molecule has 0 saturated heterocycles. The number of esters is 2. The topological polar surface area (TPSA) is 52.6 Å². The average Bonchev–Trinajstić information content (AvgIpc) is 2.21. The Hall–Kier alpha value is -1.74. The minimum atomic E-state index is -5.83. The summed E-state index contributed by atoms with van der Waals surface area (Å²) in [6.45, 7) is 5.07. The van der Waals surface area contributed by atoms with Crippen LogP contribution in [0.1, 0.15) is 13.8 Å². The van der Waals surface area contributed by atoms with Crippen LogP contribution in [0.3, 0.4) is 0 Å². The molecule has 0 aliphatic rings. The van der Waals surface area contributed by atoms with Crippen molar-refractivity contribution < 1.29 is 45.4 Å². The zero-order chi connectivity index (χ0) is 16.3. The largest absolute Gasteiger partial charge is 0.447 e. The maximum atomic E-state index is 12.1. The molecule has 0 radical (unpaired) electrons. The molecular formula is C10H10F6O4. The van der Waals surface area contributed by atoms with E-state index in [0.29, 0.717) is 0 Å². The van der Waals surface area contributed by atoms with E-state index < -0.39 is 36.5 Å². The minimum Gasteiger partial charge on any atom is -0.447 e. The van der Waals surface area contributed by atoms with Gasteiger partial charge in [-0.25, -0.2) is 9.59 Å². The van der Waals surface area contributed by atoms with Crippen LogP contribution < -0.4 is 0 Å². The van der Waals surface area contributed by atoms with Crippen LogP contribution in [0.15, 0.2) is 12.2 Å². The highest BCUT2D eigenvalue weighted by Crippen LogP contribution is 2.35. The number of halogens is 6. The first-order valence-corrected chi connectivity index (χ1v) is 4.97. The molecule has 0 amide bonds. The second-order valence-electron chi connectivity index (χ2n) is 3.73. The fourth-order valence-electron chi connectivity index (χ4n) is 0.840. The summed E-state index contributed by atoms with van der Waals surface area (Å²) in [5, 5.41) is 0. The van der Waals surface area contributed by atoms with Crippen LogP contribution in [0.2, 0.25) is 0 Å². The number of ether oxygens (including phenoxy) is 2. The van der Waals surface area contributed by atoms with Crippen molar-refractivity contribution in [3.8, 4) is 0 Å². The molecule has 0 heterocycles. The van der Waals surface area contributed by atoms with Gasteiger partial charge in [-0.3, -0.25) is 0 Å². The molecule has 0 N–H and O–H groups in total. The van der Waals surface area contributed by atoms with E-state index in [1.165, 1.54) is 6.92 Å². The van der Waals surface area contributed by atoms with Gasteiger partial charge in [0.05, 0.1) is 0 Å². The van der Waals surface area contributed by atoms with Crippen LogP contribution in [-0.4, -0.2) is 36.5 Å². The van der Waals surface area contributed by atoms with Crippen molar-refractivity contribution in [3.05, 3.63) is 12.2 Å². The first-order chi connectivity index (χ1) is 8.76. The van der Waals surface area contributed by atoms with Crippen molar-refractivity contribution in [2.45, 2.75) is 38.4 Å². The lowest BCUT2D eigenvalue weighted by Gasteiger charge is -2.24. The SMILES string of the molecule is C=C(C)C(=O)OC(C)C(=O)OC(C(F)(F)F)C(F)(F)F. The molecule has 1 unspecified atom stereocenters. The molecule has 0 aromatic carbocycles. The minimum absolute atomic E-state index is 0.187. The zero-order valence-corrected chi connectivity index (χ0v) is 10.3. The molecule has 4 nitrogen and oxygen atoms in total. The molecule has 10 heteroatoms. The van der Waals surface area contributed by atoms with Crippen molar-refractivity contribution in [2.24, 2.45) is 0 Å². The summed E-state index contributed by atoms with van der Waals surface area (Å²) >= 11 is 0. The Kier molecular flexibility index (Phi) is 5.61. The molecule has 0 fully saturated rings. The molecule has 116 valence electrons. The van der Waals surface area contributed by atoms with E-state index in [4.69, 9.17) is 0 Å². The summed E-state index contributed by atoms with van der Waals surface area (Å²) < 4.78 is 80.2. The lowest BCUT2D eigenvalue weighted by Crippen LogP contribution is -2.47. The molecule has 0 aliphatic carbocycles. The van der Waals surface area contributed by atoms with Gasteiger partial charge in [0, 0.05) is 5.57 Å². The molecule has 0 bridgehead atoms. The third-order valence-electron chi connectivity index (χ3n) is 1.79. The monoisotopic (exact) mass is 308 g/mol. The summed E-state index contributed by atoms with van der Waals surface area (Å²) in [5.41, 5.74) is -0.187. The van der Waals surface area contributed by atoms with Gasteiger partial charge in [0.15, 0.2) is 6.10 Å². The summed E-state index contributed by atoms with van der Waals surface area (Å²) in [5.74, 6) is -3.12. The maximum absolute atomic E-state index is 12.1. The Labute approximate surface area is 109 Å². The fourth-order valence-corrected chi connectivity index (χ4v) is 0.840. The average molecular weight is 308 g/mol. The van der Waals surface area contributed by atoms with Crippen LogP contribution in [0.25, 0.3) is 0 Å². The van der Waals surface area contributed by atoms with Crippen molar-refractivity contribution in [3.63, 3.8) is 0 Å². The molecule has 0 saturated carbocycles. The number of carbonyl (C=O) groups is 2. The van der Waals surface area contributed by atoms with Crippen LogP contribution >= 0.6 is 0 Å². The summed E-state index contributed by atoms with van der Waals surface area (Å²) in [6.07, 6.45) is -17.9. The summed E-state index contributed by atoms with van der Waals surface area (Å²) in [7, 11) is 0. The Balaban J connectivity index is 4.87. The normalized spacial score (nSPS) is 13.8. The Morgan fingerprint density at radius 1 is 1.00 bits per heavy atom. The number of carbonyl (C=O) groups excluding carboxylic acids is 2. The molecule has 0 rings (SSSR count). The van der Waals surface area contributed by atoms with Gasteiger partial charge in [0.2, 0.25) is 0 Å². The number of rotatable bonds is 4. The van der Waals surface area contributed by atoms with E-state index in [0.717, 1.165) is 6.92 Å². The van der Waals surface area contributed by atoms with E-state index in [2.05, 4.69) is 16.1 Å². The summed E-state index contributed by atoms with van der Waals surface area (Å²) in [6, 6.07) is 0. The van der Waals surface area contributed by atoms with E-state index in [1.54, 1.807) is 0 Å². The van der Waals surface area contributed by atoms with Gasteiger partial charge >= 0.3 is 24.3 Å². The molecule has 0 aromatic rings. The van der Waals surface area contributed by atoms with Crippen LogP contribution in [0.5, 0.6) is 0 Å². The first kappa shape index (κ1) is 18.3. The van der Waals surface area contributed by atoms with Gasteiger partial charge in [-0.15, -0.1) is 0 Å². The van der Waals surface area contributed by atoms with Gasteiger partial charge in [0.1, 0.15) is 0 Å². The molecule has 1 atom stereocenters. The zero-order valence-electron chi connectivity index (χ0n) is 10.3. The van der Waals surface area contributed by atoms with E-state index in [1.807, 2.05) is 0 Å². The highest BCUT2D eigenvalue weighted by molar-refractivity contribution is 5.89. The first-order valence-electron chi connectivity index (χ1n) is 4.97. The Bertz CT molecular complexity index is 384. The standard InChI is InChI=1S/C10H10F6O4/c1-4(2)6(17)19-5(3)7(18)20-8(9(11,12)13)10(14,15)16/h5,8H,1H2,2-3H3. The van der Waals surface area contributed by atoms with E-state index in [9.17, 15) is 35.9 Å². The van der Waals surface area contributed by atoms with Crippen molar-refractivity contribution in [1.82, 2.24) is 0 Å². The van der Waals surface area contributed by atoms with E-state index in [-0.39, 0.29) is 5.57 Å². The predicted molar refractivity (Wildman–Crippen MR) is 52.4 cm³/mol. The van der Waals surface area contributed by atoms with E-state index >= 15 is 0 Å².